The van der Waals surface area contributed by atoms with Crippen LogP contribution in [0.4, 0.5) is 10.1 Å². The summed E-state index contributed by atoms with van der Waals surface area (Å²) < 4.78 is 14.2. The van der Waals surface area contributed by atoms with E-state index in [9.17, 15) is 14.0 Å². The Morgan fingerprint density at radius 1 is 1.33 bits per heavy atom. The number of anilines is 1. The van der Waals surface area contributed by atoms with Gasteiger partial charge in [-0.1, -0.05) is 17.7 Å². The van der Waals surface area contributed by atoms with Crippen LogP contribution in [0.3, 0.4) is 0 Å². The van der Waals surface area contributed by atoms with Crippen molar-refractivity contribution in [2.45, 2.75) is 13.5 Å². The molecule has 4 nitrogen and oxygen atoms in total. The zero-order chi connectivity index (χ0) is 15.1. The zero-order valence-electron chi connectivity index (χ0n) is 11.1. The van der Waals surface area contributed by atoms with Crippen molar-refractivity contribution in [3.05, 3.63) is 58.1 Å². The standard InChI is InChI=1S/C15H10ClFN2O2/c1-8-5-10-12(11(17)6-8)19(15(21)13(10)20)7-9-3-2-4-18-14(9)16/h2-6H,7H2,1H3. The van der Waals surface area contributed by atoms with Crippen molar-refractivity contribution in [1.82, 2.24) is 4.98 Å². The molecule has 1 aromatic carbocycles. The number of fused-ring (bicyclic) bond motifs is 1. The molecular weight excluding hydrogens is 295 g/mol. The van der Waals surface area contributed by atoms with Crippen LogP contribution in [0, 0.1) is 12.7 Å². The normalized spacial score (nSPS) is 13.8. The Morgan fingerprint density at radius 3 is 2.81 bits per heavy atom. The number of amides is 1. The first kappa shape index (κ1) is 13.7. The van der Waals surface area contributed by atoms with E-state index in [0.29, 0.717) is 11.1 Å². The first-order chi connectivity index (χ1) is 9.99. The van der Waals surface area contributed by atoms with Gasteiger partial charge in [-0.3, -0.25) is 14.5 Å². The molecule has 1 amide bonds. The van der Waals surface area contributed by atoms with Gasteiger partial charge < -0.3 is 0 Å². The summed E-state index contributed by atoms with van der Waals surface area (Å²) in [5.41, 5.74) is 1.25. The molecule has 21 heavy (non-hydrogen) atoms. The monoisotopic (exact) mass is 304 g/mol. The van der Waals surface area contributed by atoms with E-state index in [-0.39, 0.29) is 22.9 Å². The minimum absolute atomic E-state index is 0.00419. The molecule has 2 aromatic rings. The van der Waals surface area contributed by atoms with Gasteiger partial charge in [-0.25, -0.2) is 9.37 Å². The number of aryl methyl sites for hydroxylation is 1. The lowest BCUT2D eigenvalue weighted by Gasteiger charge is -2.17. The Morgan fingerprint density at radius 2 is 2.10 bits per heavy atom. The number of halogens is 2. The van der Waals surface area contributed by atoms with Crippen molar-refractivity contribution >= 4 is 29.0 Å². The molecule has 0 unspecified atom stereocenters. The van der Waals surface area contributed by atoms with Crippen LogP contribution in [0.15, 0.2) is 30.5 Å². The minimum atomic E-state index is -0.755. The Balaban J connectivity index is 2.08. The van der Waals surface area contributed by atoms with Crippen molar-refractivity contribution in [3.8, 4) is 0 Å². The van der Waals surface area contributed by atoms with Crippen molar-refractivity contribution in [3.63, 3.8) is 0 Å². The molecule has 0 N–H and O–H groups in total. The van der Waals surface area contributed by atoms with Crippen molar-refractivity contribution in [2.75, 3.05) is 4.90 Å². The van der Waals surface area contributed by atoms with Gasteiger partial charge in [0.25, 0.3) is 11.7 Å². The van der Waals surface area contributed by atoms with Gasteiger partial charge in [-0.2, -0.15) is 0 Å². The van der Waals surface area contributed by atoms with Gasteiger partial charge in [-0.15, -0.1) is 0 Å². The molecule has 0 atom stereocenters. The molecule has 106 valence electrons. The van der Waals surface area contributed by atoms with Crippen LogP contribution in [0.25, 0.3) is 0 Å². The molecular formula is C15H10ClFN2O2. The number of pyridine rings is 1. The Hall–Kier alpha value is -2.27. The molecule has 2 heterocycles. The van der Waals surface area contributed by atoms with E-state index in [2.05, 4.69) is 4.98 Å². The van der Waals surface area contributed by atoms with Crippen LogP contribution >= 0.6 is 11.6 Å². The molecule has 0 aliphatic carbocycles. The largest absolute Gasteiger partial charge is 0.299 e. The number of carbonyl (C=O) groups is 2. The maximum Gasteiger partial charge on any atom is 0.299 e. The quantitative estimate of drug-likeness (QED) is 0.633. The van der Waals surface area contributed by atoms with Gasteiger partial charge in [0, 0.05) is 11.8 Å². The molecule has 0 saturated heterocycles. The Bertz CT molecular complexity index is 776. The predicted molar refractivity (Wildman–Crippen MR) is 75.9 cm³/mol. The molecule has 1 aromatic heterocycles. The lowest BCUT2D eigenvalue weighted by Crippen LogP contribution is -2.29. The highest BCUT2D eigenvalue weighted by atomic mass is 35.5. The lowest BCUT2D eigenvalue weighted by atomic mass is 10.1. The molecule has 0 saturated carbocycles. The van der Waals surface area contributed by atoms with E-state index in [1.54, 1.807) is 19.1 Å². The topological polar surface area (TPSA) is 50.3 Å². The number of Topliss-reactive ketones (excluding diaryl/α,β-unsaturated/α-hetero) is 1. The second kappa shape index (κ2) is 4.93. The van der Waals surface area contributed by atoms with Crippen LogP contribution in [-0.4, -0.2) is 16.7 Å². The number of hydrogen-bond acceptors (Lipinski definition) is 3. The van der Waals surface area contributed by atoms with Gasteiger partial charge >= 0.3 is 0 Å². The van der Waals surface area contributed by atoms with Crippen LogP contribution in [-0.2, 0) is 11.3 Å². The van der Waals surface area contributed by atoms with Crippen molar-refractivity contribution in [1.29, 1.82) is 0 Å². The van der Waals surface area contributed by atoms with Crippen LogP contribution < -0.4 is 4.90 Å². The first-order valence-corrected chi connectivity index (χ1v) is 6.62. The number of hydrogen-bond donors (Lipinski definition) is 0. The maximum atomic E-state index is 14.2. The lowest BCUT2D eigenvalue weighted by molar-refractivity contribution is -0.114. The SMILES string of the molecule is Cc1cc(F)c2c(c1)C(=O)C(=O)N2Cc1cccnc1Cl. The molecule has 6 heteroatoms. The Kier molecular flexibility index (Phi) is 3.22. The van der Waals surface area contributed by atoms with Gasteiger partial charge in [0.2, 0.25) is 0 Å². The number of nitrogens with zero attached hydrogens (tertiary/aromatic N) is 2. The highest BCUT2D eigenvalue weighted by molar-refractivity contribution is 6.52. The highest BCUT2D eigenvalue weighted by Crippen LogP contribution is 2.34. The molecule has 0 bridgehead atoms. The Labute approximate surface area is 125 Å². The third kappa shape index (κ3) is 2.19. The summed E-state index contributed by atoms with van der Waals surface area (Å²) in [4.78, 5) is 29.1. The van der Waals surface area contributed by atoms with E-state index >= 15 is 0 Å². The van der Waals surface area contributed by atoms with Crippen LogP contribution in [0.2, 0.25) is 5.15 Å². The molecule has 0 radical (unpaired) electrons. The summed E-state index contributed by atoms with van der Waals surface area (Å²) in [6.07, 6.45) is 1.51. The highest BCUT2D eigenvalue weighted by Gasteiger charge is 2.38. The number of carbonyl (C=O) groups excluding carboxylic acids is 2. The molecule has 0 fully saturated rings. The van der Waals surface area contributed by atoms with Crippen LogP contribution in [0.1, 0.15) is 21.5 Å². The molecule has 3 rings (SSSR count). The summed E-state index contributed by atoms with van der Waals surface area (Å²) in [6.45, 7) is 1.67. The van der Waals surface area contributed by atoms with E-state index < -0.39 is 17.5 Å². The second-order valence-electron chi connectivity index (χ2n) is 4.82. The number of rotatable bonds is 2. The van der Waals surface area contributed by atoms with Gasteiger partial charge in [-0.05, 0) is 30.7 Å². The minimum Gasteiger partial charge on any atom is -0.297 e. The fraction of sp³-hybridized carbons (Fsp3) is 0.133. The van der Waals surface area contributed by atoms with E-state index in [4.69, 9.17) is 11.6 Å². The second-order valence-corrected chi connectivity index (χ2v) is 5.17. The molecule has 1 aliphatic rings. The van der Waals surface area contributed by atoms with Crippen molar-refractivity contribution in [2.24, 2.45) is 0 Å². The summed E-state index contributed by atoms with van der Waals surface area (Å²) >= 11 is 5.95. The van der Waals surface area contributed by atoms with E-state index in [1.807, 2.05) is 0 Å². The predicted octanol–water partition coefficient (Wildman–Crippen LogP) is 2.91. The number of ketones is 1. The third-order valence-electron chi connectivity index (χ3n) is 3.33. The summed E-state index contributed by atoms with van der Waals surface area (Å²) in [5, 5.41) is 0.221. The number of benzene rings is 1. The fourth-order valence-corrected chi connectivity index (χ4v) is 2.56. The summed E-state index contributed by atoms with van der Waals surface area (Å²) in [7, 11) is 0. The zero-order valence-corrected chi connectivity index (χ0v) is 11.8. The van der Waals surface area contributed by atoms with Gasteiger partial charge in [0.15, 0.2) is 0 Å². The fourth-order valence-electron chi connectivity index (χ4n) is 2.38. The maximum absolute atomic E-state index is 14.2. The average Bonchev–Trinajstić information content (AvgIpc) is 2.67. The summed E-state index contributed by atoms with van der Waals surface area (Å²) in [5.74, 6) is -2.05. The third-order valence-corrected chi connectivity index (χ3v) is 3.67. The average molecular weight is 305 g/mol. The van der Waals surface area contributed by atoms with Crippen molar-refractivity contribution < 1.29 is 14.0 Å². The molecule has 1 aliphatic heterocycles. The van der Waals surface area contributed by atoms with E-state index in [1.165, 1.54) is 18.3 Å². The van der Waals surface area contributed by atoms with E-state index in [0.717, 1.165) is 4.90 Å². The van der Waals surface area contributed by atoms with Gasteiger partial charge in [0.05, 0.1) is 17.8 Å². The number of aromatic nitrogens is 1. The van der Waals surface area contributed by atoms with Gasteiger partial charge in [0.1, 0.15) is 11.0 Å². The molecule has 0 spiro atoms. The smallest absolute Gasteiger partial charge is 0.297 e. The first-order valence-electron chi connectivity index (χ1n) is 6.25. The van der Waals surface area contributed by atoms with Crippen LogP contribution in [0.5, 0.6) is 0 Å². The summed E-state index contributed by atoms with van der Waals surface area (Å²) in [6, 6.07) is 6.15.